The fourth-order valence-corrected chi connectivity index (χ4v) is 2.39. The molecule has 1 unspecified atom stereocenters. The van der Waals surface area contributed by atoms with Gasteiger partial charge in [-0.3, -0.25) is 4.79 Å². The summed E-state index contributed by atoms with van der Waals surface area (Å²) in [6.45, 7) is 3.45. The Kier molecular flexibility index (Phi) is 7.85. The fraction of sp³-hybridized carbons (Fsp3) is 0.500. The third-order valence-electron chi connectivity index (χ3n) is 3.66. The highest BCUT2D eigenvalue weighted by Gasteiger charge is 2.18. The zero-order valence-electron chi connectivity index (χ0n) is 13.4. The molecule has 2 rings (SSSR count). The van der Waals surface area contributed by atoms with Gasteiger partial charge in [0, 0.05) is 25.6 Å². The van der Waals surface area contributed by atoms with E-state index in [1.54, 1.807) is 17.0 Å². The molecule has 1 aromatic rings. The first kappa shape index (κ1) is 19.3. The molecule has 1 atom stereocenters. The molecule has 0 spiro atoms. The lowest BCUT2D eigenvalue weighted by atomic mass is 10.2. The zero-order chi connectivity index (χ0) is 15.9. The number of nitrogens with one attached hydrogen (secondary N) is 2. The number of nitrogens with two attached hydrogens (primary N) is 1. The minimum Gasteiger partial charge on any atom is -0.328 e. The Morgan fingerprint density at radius 3 is 2.30 bits per heavy atom. The van der Waals surface area contributed by atoms with Crippen molar-refractivity contribution in [3.8, 4) is 0 Å². The van der Waals surface area contributed by atoms with Crippen LogP contribution >= 0.6 is 12.4 Å². The summed E-state index contributed by atoms with van der Waals surface area (Å²) in [5.74, 6) is -0.0971. The van der Waals surface area contributed by atoms with E-state index in [9.17, 15) is 9.59 Å². The Morgan fingerprint density at radius 2 is 1.74 bits per heavy atom. The predicted molar refractivity (Wildman–Crippen MR) is 95.0 cm³/mol. The van der Waals surface area contributed by atoms with E-state index in [0.29, 0.717) is 24.2 Å². The lowest BCUT2D eigenvalue weighted by Gasteiger charge is -2.18. The molecule has 0 saturated carbocycles. The Hall–Kier alpha value is -1.79. The third kappa shape index (κ3) is 6.08. The molecule has 7 heteroatoms. The van der Waals surface area contributed by atoms with Gasteiger partial charge in [0.1, 0.15) is 0 Å². The van der Waals surface area contributed by atoms with Crippen molar-refractivity contribution in [1.82, 2.24) is 4.90 Å². The molecule has 1 heterocycles. The summed E-state index contributed by atoms with van der Waals surface area (Å²) < 4.78 is 0. The number of likely N-dealkylation sites (tertiary alicyclic amines) is 1. The van der Waals surface area contributed by atoms with Gasteiger partial charge >= 0.3 is 6.03 Å². The second-order valence-electron chi connectivity index (χ2n) is 5.73. The Bertz CT molecular complexity index is 531. The summed E-state index contributed by atoms with van der Waals surface area (Å²) in [4.78, 5) is 25.9. The van der Waals surface area contributed by atoms with Gasteiger partial charge < -0.3 is 21.3 Å². The van der Waals surface area contributed by atoms with Gasteiger partial charge in [0.2, 0.25) is 5.91 Å². The average Bonchev–Trinajstić information content (AvgIpc) is 3.01. The summed E-state index contributed by atoms with van der Waals surface area (Å²) in [5.41, 5.74) is 6.89. The first-order chi connectivity index (χ1) is 10.6. The molecule has 1 aliphatic rings. The van der Waals surface area contributed by atoms with E-state index in [-0.39, 0.29) is 30.4 Å². The van der Waals surface area contributed by atoms with Gasteiger partial charge in [-0.25, -0.2) is 4.79 Å². The number of hydrogen-bond donors (Lipinski definition) is 3. The number of carbonyl (C=O) groups excluding carboxylic acids is 2. The molecule has 3 amide bonds. The molecule has 1 saturated heterocycles. The quantitative estimate of drug-likeness (QED) is 0.770. The molecule has 23 heavy (non-hydrogen) atoms. The molecule has 1 fully saturated rings. The minimum atomic E-state index is -0.116. The molecule has 0 bridgehead atoms. The normalized spacial score (nSPS) is 14.8. The van der Waals surface area contributed by atoms with Gasteiger partial charge in [-0.05, 0) is 38.3 Å². The maximum absolute atomic E-state index is 12.2. The van der Waals surface area contributed by atoms with Crippen molar-refractivity contribution in [2.45, 2.75) is 38.6 Å². The van der Waals surface area contributed by atoms with Crippen molar-refractivity contribution in [3.63, 3.8) is 0 Å². The van der Waals surface area contributed by atoms with Crippen LogP contribution in [0, 0.1) is 0 Å². The topological polar surface area (TPSA) is 87.5 Å². The number of carbonyl (C=O) groups is 2. The van der Waals surface area contributed by atoms with E-state index in [1.807, 2.05) is 19.1 Å². The van der Waals surface area contributed by atoms with E-state index in [2.05, 4.69) is 10.6 Å². The van der Waals surface area contributed by atoms with Gasteiger partial charge in [-0.2, -0.15) is 0 Å². The zero-order valence-corrected chi connectivity index (χ0v) is 14.2. The summed E-state index contributed by atoms with van der Waals surface area (Å²) in [7, 11) is 0. The van der Waals surface area contributed by atoms with Crippen LogP contribution in [0.4, 0.5) is 16.2 Å². The third-order valence-corrected chi connectivity index (χ3v) is 3.66. The van der Waals surface area contributed by atoms with Crippen LogP contribution in [-0.4, -0.2) is 36.0 Å². The van der Waals surface area contributed by atoms with Crippen LogP contribution in [0.2, 0.25) is 0 Å². The maximum atomic E-state index is 12.2. The van der Waals surface area contributed by atoms with Crippen molar-refractivity contribution < 1.29 is 9.59 Å². The number of rotatable bonds is 5. The number of para-hydroxylation sites is 2. The Morgan fingerprint density at radius 1 is 1.17 bits per heavy atom. The van der Waals surface area contributed by atoms with Crippen LogP contribution in [0.5, 0.6) is 0 Å². The van der Waals surface area contributed by atoms with Gasteiger partial charge in [0.05, 0.1) is 11.4 Å². The van der Waals surface area contributed by atoms with Crippen LogP contribution in [0.1, 0.15) is 32.6 Å². The van der Waals surface area contributed by atoms with Gasteiger partial charge in [-0.1, -0.05) is 12.1 Å². The van der Waals surface area contributed by atoms with Crippen molar-refractivity contribution in [2.75, 3.05) is 23.7 Å². The van der Waals surface area contributed by atoms with E-state index in [0.717, 1.165) is 25.9 Å². The lowest BCUT2D eigenvalue weighted by Crippen LogP contribution is -2.32. The van der Waals surface area contributed by atoms with Crippen molar-refractivity contribution >= 4 is 35.7 Å². The van der Waals surface area contributed by atoms with Crippen LogP contribution in [0.25, 0.3) is 0 Å². The van der Waals surface area contributed by atoms with Crippen LogP contribution < -0.4 is 16.4 Å². The summed E-state index contributed by atoms with van der Waals surface area (Å²) in [6, 6.07) is 7.10. The van der Waals surface area contributed by atoms with Gasteiger partial charge in [-0.15, -0.1) is 12.4 Å². The monoisotopic (exact) mass is 340 g/mol. The highest BCUT2D eigenvalue weighted by atomic mass is 35.5. The van der Waals surface area contributed by atoms with E-state index < -0.39 is 0 Å². The Labute approximate surface area is 143 Å². The summed E-state index contributed by atoms with van der Waals surface area (Å²) in [5, 5.41) is 5.70. The predicted octanol–water partition coefficient (Wildman–Crippen LogP) is 2.80. The molecular formula is C16H25ClN4O2. The van der Waals surface area contributed by atoms with Crippen molar-refractivity contribution in [1.29, 1.82) is 0 Å². The standard InChI is InChI=1S/C16H24N4O2.ClH/c1-12(17)8-9-15(21)18-13-6-2-3-7-14(13)19-16(22)20-10-4-5-11-20;/h2-3,6-7,12H,4-5,8-11,17H2,1H3,(H,18,21)(H,19,22);1H. The molecule has 0 aliphatic carbocycles. The van der Waals surface area contributed by atoms with Gasteiger partial charge in [0.25, 0.3) is 0 Å². The first-order valence-electron chi connectivity index (χ1n) is 7.76. The molecule has 0 radical (unpaired) electrons. The number of benzene rings is 1. The maximum Gasteiger partial charge on any atom is 0.321 e. The highest BCUT2D eigenvalue weighted by Crippen LogP contribution is 2.22. The SMILES string of the molecule is CC(N)CCC(=O)Nc1ccccc1NC(=O)N1CCCC1.Cl. The van der Waals surface area contributed by atoms with Crippen LogP contribution in [0.15, 0.2) is 24.3 Å². The first-order valence-corrected chi connectivity index (χ1v) is 7.76. The number of anilines is 2. The highest BCUT2D eigenvalue weighted by molar-refractivity contribution is 5.99. The lowest BCUT2D eigenvalue weighted by molar-refractivity contribution is -0.116. The number of nitrogens with zero attached hydrogens (tertiary/aromatic N) is 1. The molecule has 128 valence electrons. The van der Waals surface area contributed by atoms with E-state index in [4.69, 9.17) is 5.73 Å². The molecule has 1 aromatic carbocycles. The second-order valence-corrected chi connectivity index (χ2v) is 5.73. The smallest absolute Gasteiger partial charge is 0.321 e. The van der Waals surface area contributed by atoms with E-state index >= 15 is 0 Å². The van der Waals surface area contributed by atoms with Crippen LogP contribution in [-0.2, 0) is 4.79 Å². The molecular weight excluding hydrogens is 316 g/mol. The average molecular weight is 341 g/mol. The second kappa shape index (κ2) is 9.37. The largest absolute Gasteiger partial charge is 0.328 e. The molecule has 1 aliphatic heterocycles. The molecule has 4 N–H and O–H groups in total. The fourth-order valence-electron chi connectivity index (χ4n) is 2.39. The van der Waals surface area contributed by atoms with Crippen molar-refractivity contribution in [3.05, 3.63) is 24.3 Å². The number of halogens is 1. The van der Waals surface area contributed by atoms with Gasteiger partial charge in [0.15, 0.2) is 0 Å². The summed E-state index contributed by atoms with van der Waals surface area (Å²) in [6.07, 6.45) is 3.09. The van der Waals surface area contributed by atoms with Crippen LogP contribution in [0.3, 0.4) is 0 Å². The molecule has 6 nitrogen and oxygen atoms in total. The number of urea groups is 1. The summed E-state index contributed by atoms with van der Waals surface area (Å²) >= 11 is 0. The molecule has 0 aromatic heterocycles. The van der Waals surface area contributed by atoms with Crippen molar-refractivity contribution in [2.24, 2.45) is 5.73 Å². The number of hydrogen-bond acceptors (Lipinski definition) is 3. The number of amides is 3. The Balaban J connectivity index is 0.00000264. The minimum absolute atomic E-state index is 0. The van der Waals surface area contributed by atoms with E-state index in [1.165, 1.54) is 0 Å².